The van der Waals surface area contributed by atoms with Crippen molar-refractivity contribution in [3.05, 3.63) is 64.7 Å². The third kappa shape index (κ3) is 3.69. The molecule has 0 bridgehead atoms. The van der Waals surface area contributed by atoms with Crippen LogP contribution < -0.4 is 10.6 Å². The Hall–Kier alpha value is -2.24. The minimum absolute atomic E-state index is 0.295. The molecule has 2 amide bonds. The predicted octanol–water partition coefficient (Wildman–Crippen LogP) is 4.98. The molecule has 3 rings (SSSR count). The van der Waals surface area contributed by atoms with Crippen molar-refractivity contribution in [2.45, 2.75) is 6.54 Å². The molecule has 0 unspecified atom stereocenters. The number of amides is 2. The van der Waals surface area contributed by atoms with E-state index in [9.17, 15) is 4.79 Å². The first-order valence-electron chi connectivity index (χ1n) is 6.64. The Bertz CT molecular complexity index is 751. The Morgan fingerprint density at radius 2 is 1.95 bits per heavy atom. The highest BCUT2D eigenvalue weighted by Gasteiger charge is 2.07. The number of urea groups is 1. The van der Waals surface area contributed by atoms with Crippen LogP contribution in [-0.2, 0) is 6.54 Å². The van der Waals surface area contributed by atoms with E-state index in [1.807, 2.05) is 29.6 Å². The van der Waals surface area contributed by atoms with E-state index >= 15 is 0 Å². The molecule has 0 radical (unpaired) electrons. The maximum Gasteiger partial charge on any atom is 0.319 e. The van der Waals surface area contributed by atoms with Crippen molar-refractivity contribution >= 4 is 34.7 Å². The number of carbonyl (C=O) groups is 1. The third-order valence-electron chi connectivity index (χ3n) is 2.95. The number of anilines is 1. The molecule has 0 saturated heterocycles. The zero-order valence-electron chi connectivity index (χ0n) is 11.5. The lowest BCUT2D eigenvalue weighted by Gasteiger charge is -2.06. The molecule has 0 aliphatic carbocycles. The number of furan rings is 1. The van der Waals surface area contributed by atoms with Gasteiger partial charge >= 0.3 is 6.03 Å². The zero-order valence-corrected chi connectivity index (χ0v) is 13.1. The maximum atomic E-state index is 11.8. The first-order chi connectivity index (χ1) is 10.7. The molecule has 2 aromatic heterocycles. The number of hydrogen-bond acceptors (Lipinski definition) is 3. The van der Waals surface area contributed by atoms with Crippen LogP contribution in [0.3, 0.4) is 0 Å². The smallest absolute Gasteiger partial charge is 0.319 e. The zero-order chi connectivity index (χ0) is 15.4. The average molecular weight is 333 g/mol. The topological polar surface area (TPSA) is 54.3 Å². The van der Waals surface area contributed by atoms with E-state index < -0.39 is 0 Å². The molecule has 3 aromatic rings. The van der Waals surface area contributed by atoms with Crippen LogP contribution in [-0.4, -0.2) is 6.03 Å². The SMILES string of the molecule is O=C(NCc1ccc(-c2cccs2)o1)Nc1ccc(Cl)cc1. The second kappa shape index (κ2) is 6.68. The van der Waals surface area contributed by atoms with E-state index in [1.165, 1.54) is 0 Å². The van der Waals surface area contributed by atoms with Gasteiger partial charge in [-0.05, 0) is 47.8 Å². The third-order valence-corrected chi connectivity index (χ3v) is 4.09. The van der Waals surface area contributed by atoms with Gasteiger partial charge in [0.15, 0.2) is 0 Å². The summed E-state index contributed by atoms with van der Waals surface area (Å²) < 4.78 is 5.69. The van der Waals surface area contributed by atoms with Gasteiger partial charge in [-0.25, -0.2) is 4.79 Å². The molecule has 2 heterocycles. The fourth-order valence-electron chi connectivity index (χ4n) is 1.90. The van der Waals surface area contributed by atoms with E-state index in [4.69, 9.17) is 16.0 Å². The maximum absolute atomic E-state index is 11.8. The molecule has 0 aliphatic heterocycles. The first-order valence-corrected chi connectivity index (χ1v) is 7.89. The molecular weight excluding hydrogens is 320 g/mol. The predicted molar refractivity (Wildman–Crippen MR) is 89.3 cm³/mol. The second-order valence-electron chi connectivity index (χ2n) is 4.56. The van der Waals surface area contributed by atoms with E-state index in [-0.39, 0.29) is 6.03 Å². The van der Waals surface area contributed by atoms with E-state index in [1.54, 1.807) is 35.6 Å². The van der Waals surface area contributed by atoms with Crippen molar-refractivity contribution in [3.8, 4) is 10.6 Å². The summed E-state index contributed by atoms with van der Waals surface area (Å²) in [7, 11) is 0. The van der Waals surface area contributed by atoms with Crippen molar-refractivity contribution in [2.24, 2.45) is 0 Å². The molecular formula is C16H13ClN2O2S. The highest BCUT2D eigenvalue weighted by atomic mass is 35.5. The van der Waals surface area contributed by atoms with Gasteiger partial charge in [-0.2, -0.15) is 0 Å². The molecule has 0 aliphatic rings. The Kier molecular flexibility index (Phi) is 4.46. The van der Waals surface area contributed by atoms with Gasteiger partial charge in [0.1, 0.15) is 11.5 Å². The summed E-state index contributed by atoms with van der Waals surface area (Å²) in [5.41, 5.74) is 0.681. The van der Waals surface area contributed by atoms with Crippen LogP contribution >= 0.6 is 22.9 Å². The Morgan fingerprint density at radius 1 is 1.14 bits per heavy atom. The minimum Gasteiger partial charge on any atom is -0.458 e. The standard InChI is InChI=1S/C16H13ClN2O2S/c17-11-3-5-12(6-4-11)19-16(20)18-10-13-7-8-14(21-13)15-2-1-9-22-15/h1-9H,10H2,(H2,18,19,20). The monoisotopic (exact) mass is 332 g/mol. The highest BCUT2D eigenvalue weighted by molar-refractivity contribution is 7.13. The minimum atomic E-state index is -0.295. The van der Waals surface area contributed by atoms with Crippen LogP contribution in [0.4, 0.5) is 10.5 Å². The fraction of sp³-hybridized carbons (Fsp3) is 0.0625. The van der Waals surface area contributed by atoms with Crippen LogP contribution in [0.1, 0.15) is 5.76 Å². The molecule has 2 N–H and O–H groups in total. The Balaban J connectivity index is 1.54. The van der Waals surface area contributed by atoms with Gasteiger partial charge in [0, 0.05) is 10.7 Å². The molecule has 6 heteroatoms. The molecule has 22 heavy (non-hydrogen) atoms. The van der Waals surface area contributed by atoms with Crippen LogP contribution in [0.15, 0.2) is 58.3 Å². The molecule has 0 saturated carbocycles. The van der Waals surface area contributed by atoms with E-state index in [2.05, 4.69) is 10.6 Å². The molecule has 0 spiro atoms. The van der Waals surface area contributed by atoms with Crippen LogP contribution in [0.25, 0.3) is 10.6 Å². The lowest BCUT2D eigenvalue weighted by molar-refractivity contribution is 0.251. The largest absolute Gasteiger partial charge is 0.458 e. The molecule has 4 nitrogen and oxygen atoms in total. The van der Waals surface area contributed by atoms with Crippen molar-refractivity contribution in [1.82, 2.24) is 5.32 Å². The molecule has 0 fully saturated rings. The second-order valence-corrected chi connectivity index (χ2v) is 5.94. The number of thiophene rings is 1. The van der Waals surface area contributed by atoms with Gasteiger partial charge in [0.05, 0.1) is 11.4 Å². The quantitative estimate of drug-likeness (QED) is 0.707. The lowest BCUT2D eigenvalue weighted by Crippen LogP contribution is -2.27. The van der Waals surface area contributed by atoms with Crippen molar-refractivity contribution in [2.75, 3.05) is 5.32 Å². The van der Waals surface area contributed by atoms with Crippen molar-refractivity contribution < 1.29 is 9.21 Å². The fourth-order valence-corrected chi connectivity index (χ4v) is 2.71. The molecule has 0 atom stereocenters. The van der Waals surface area contributed by atoms with Gasteiger partial charge in [-0.15, -0.1) is 11.3 Å². The number of benzene rings is 1. The Morgan fingerprint density at radius 3 is 2.68 bits per heavy atom. The van der Waals surface area contributed by atoms with Crippen LogP contribution in [0.2, 0.25) is 5.02 Å². The number of halogens is 1. The van der Waals surface area contributed by atoms with E-state index in [0.717, 1.165) is 10.6 Å². The number of hydrogen-bond donors (Lipinski definition) is 2. The van der Waals surface area contributed by atoms with Gasteiger partial charge in [-0.3, -0.25) is 0 Å². The number of carbonyl (C=O) groups excluding carboxylic acids is 1. The first kappa shape index (κ1) is 14.7. The van der Waals surface area contributed by atoms with Crippen LogP contribution in [0, 0.1) is 0 Å². The molecule has 1 aromatic carbocycles. The summed E-state index contributed by atoms with van der Waals surface area (Å²) in [6, 6.07) is 14.4. The van der Waals surface area contributed by atoms with Crippen molar-refractivity contribution in [3.63, 3.8) is 0 Å². The highest BCUT2D eigenvalue weighted by Crippen LogP contribution is 2.26. The summed E-state index contributed by atoms with van der Waals surface area (Å²) in [5.74, 6) is 1.51. The van der Waals surface area contributed by atoms with Crippen LogP contribution in [0.5, 0.6) is 0 Å². The summed E-state index contributed by atoms with van der Waals surface area (Å²) in [6.45, 7) is 0.324. The molecule has 112 valence electrons. The summed E-state index contributed by atoms with van der Waals surface area (Å²) in [6.07, 6.45) is 0. The van der Waals surface area contributed by atoms with Gasteiger partial charge in [0.2, 0.25) is 0 Å². The number of rotatable bonds is 4. The van der Waals surface area contributed by atoms with Crippen molar-refractivity contribution in [1.29, 1.82) is 0 Å². The number of nitrogens with one attached hydrogen (secondary N) is 2. The average Bonchev–Trinajstić information content (AvgIpc) is 3.18. The normalized spacial score (nSPS) is 10.4. The summed E-state index contributed by atoms with van der Waals surface area (Å²) in [5, 5.41) is 8.10. The van der Waals surface area contributed by atoms with Gasteiger partial charge < -0.3 is 15.1 Å². The summed E-state index contributed by atoms with van der Waals surface area (Å²) >= 11 is 7.41. The summed E-state index contributed by atoms with van der Waals surface area (Å²) in [4.78, 5) is 12.9. The van der Waals surface area contributed by atoms with E-state index in [0.29, 0.717) is 23.0 Å². The van der Waals surface area contributed by atoms with Gasteiger partial charge in [-0.1, -0.05) is 17.7 Å². The Labute approximate surface area is 136 Å². The van der Waals surface area contributed by atoms with Gasteiger partial charge in [0.25, 0.3) is 0 Å². The lowest BCUT2D eigenvalue weighted by atomic mass is 10.3.